The van der Waals surface area contributed by atoms with Crippen molar-refractivity contribution >= 4 is 11.7 Å². The Morgan fingerprint density at radius 1 is 1.53 bits per heavy atom. The highest BCUT2D eigenvalue weighted by atomic mass is 16.4. The molecule has 19 heavy (non-hydrogen) atoms. The van der Waals surface area contributed by atoms with E-state index in [1.165, 1.54) is 0 Å². The molecule has 7 heteroatoms. The Morgan fingerprint density at radius 2 is 2.26 bits per heavy atom. The van der Waals surface area contributed by atoms with Gasteiger partial charge in [0.25, 0.3) is 0 Å². The molecule has 0 aromatic carbocycles. The van der Waals surface area contributed by atoms with Crippen LogP contribution in [-0.2, 0) is 11.3 Å². The van der Waals surface area contributed by atoms with Gasteiger partial charge in [0.15, 0.2) is 5.84 Å². The van der Waals surface area contributed by atoms with Crippen LogP contribution in [0.3, 0.4) is 0 Å². The number of hydrogen-bond acceptors (Lipinski definition) is 5. The van der Waals surface area contributed by atoms with Crippen molar-refractivity contribution in [2.45, 2.75) is 32.7 Å². The summed E-state index contributed by atoms with van der Waals surface area (Å²) in [5, 5.41) is 14.5. The molecule has 0 atom stereocenters. The van der Waals surface area contributed by atoms with Crippen LogP contribution in [0.4, 0.5) is 0 Å². The summed E-state index contributed by atoms with van der Waals surface area (Å²) in [6, 6.07) is 0. The third-order valence-corrected chi connectivity index (χ3v) is 3.50. The van der Waals surface area contributed by atoms with Crippen molar-refractivity contribution in [3.63, 3.8) is 0 Å². The van der Waals surface area contributed by atoms with Crippen molar-refractivity contribution in [2.75, 3.05) is 0 Å². The Hall–Kier alpha value is -2.18. The fourth-order valence-electron chi connectivity index (χ4n) is 2.08. The first-order chi connectivity index (χ1) is 9.08. The highest BCUT2D eigenvalue weighted by Gasteiger charge is 2.48. The topological polar surface area (TPSA) is 113 Å². The number of aryl methyl sites for hydroxylation is 1. The highest BCUT2D eigenvalue weighted by molar-refractivity contribution is 6.07. The molecule has 7 nitrogen and oxygen atoms in total. The molecule has 1 aliphatic rings. The van der Waals surface area contributed by atoms with E-state index >= 15 is 0 Å². The van der Waals surface area contributed by atoms with Gasteiger partial charge in [-0.1, -0.05) is 11.6 Å². The summed E-state index contributed by atoms with van der Waals surface area (Å²) >= 11 is 0. The number of amidine groups is 1. The maximum Gasteiger partial charge on any atom is 0.234 e. The maximum absolute atomic E-state index is 12.2. The molecular formula is C12H17N5O2. The second-order valence-corrected chi connectivity index (χ2v) is 4.75. The van der Waals surface area contributed by atoms with Crippen molar-refractivity contribution in [1.82, 2.24) is 15.3 Å². The van der Waals surface area contributed by atoms with Crippen LogP contribution in [0.25, 0.3) is 0 Å². The molecule has 0 radical (unpaired) electrons. The molecular weight excluding hydrogens is 246 g/mol. The first kappa shape index (κ1) is 13.3. The summed E-state index contributed by atoms with van der Waals surface area (Å²) in [6.07, 6.45) is 5.37. The Balaban J connectivity index is 1.99. The molecule has 0 aliphatic heterocycles. The zero-order valence-corrected chi connectivity index (χ0v) is 10.8. The number of amides is 1. The standard InChI is InChI=1S/C12H17N5O2/c1-8-5-15-9(6-14-8)7-16-11(18)12(3-2-4-12)10(13)17-19/h5-6,19H,2-4,7H2,1H3,(H2,13,17)(H,16,18). The molecule has 1 amide bonds. The SMILES string of the molecule is Cc1cnc(CNC(=O)C2(C(N)=NO)CCC2)cn1. The van der Waals surface area contributed by atoms with Gasteiger partial charge in [-0.15, -0.1) is 0 Å². The average Bonchev–Trinajstić information content (AvgIpc) is 2.36. The summed E-state index contributed by atoms with van der Waals surface area (Å²) in [5.41, 5.74) is 6.26. The number of nitrogens with zero attached hydrogens (tertiary/aromatic N) is 3. The molecule has 0 unspecified atom stereocenters. The quantitative estimate of drug-likeness (QED) is 0.313. The second kappa shape index (κ2) is 5.21. The lowest BCUT2D eigenvalue weighted by Crippen LogP contribution is -2.53. The van der Waals surface area contributed by atoms with Gasteiger partial charge in [0, 0.05) is 6.20 Å². The molecule has 0 saturated heterocycles. The van der Waals surface area contributed by atoms with Crippen molar-refractivity contribution in [1.29, 1.82) is 0 Å². The van der Waals surface area contributed by atoms with Gasteiger partial charge in [0.1, 0.15) is 5.41 Å². The number of nitrogens with two attached hydrogens (primary N) is 1. The molecule has 0 spiro atoms. The van der Waals surface area contributed by atoms with Gasteiger partial charge in [-0.05, 0) is 19.8 Å². The van der Waals surface area contributed by atoms with E-state index in [1.807, 2.05) is 6.92 Å². The van der Waals surface area contributed by atoms with Gasteiger partial charge >= 0.3 is 0 Å². The number of rotatable bonds is 4. The summed E-state index contributed by atoms with van der Waals surface area (Å²) in [7, 11) is 0. The Labute approximate surface area is 110 Å². The number of oxime groups is 1. The number of carbonyl (C=O) groups excluding carboxylic acids is 1. The van der Waals surface area contributed by atoms with Gasteiger partial charge in [-0.3, -0.25) is 14.8 Å². The van der Waals surface area contributed by atoms with E-state index in [4.69, 9.17) is 10.9 Å². The van der Waals surface area contributed by atoms with Gasteiger partial charge < -0.3 is 16.3 Å². The monoisotopic (exact) mass is 263 g/mol. The molecule has 102 valence electrons. The van der Waals surface area contributed by atoms with Crippen LogP contribution in [-0.4, -0.2) is 26.9 Å². The van der Waals surface area contributed by atoms with Crippen molar-refractivity contribution in [3.8, 4) is 0 Å². The minimum absolute atomic E-state index is 0.0220. The zero-order chi connectivity index (χ0) is 13.9. The van der Waals surface area contributed by atoms with Crippen LogP contribution in [0.2, 0.25) is 0 Å². The van der Waals surface area contributed by atoms with Gasteiger partial charge in [0.05, 0.1) is 24.1 Å². The van der Waals surface area contributed by atoms with E-state index in [9.17, 15) is 4.79 Å². The predicted octanol–water partition coefficient (Wildman–Crippen LogP) is 0.318. The number of hydrogen-bond donors (Lipinski definition) is 3. The maximum atomic E-state index is 12.2. The number of nitrogens with one attached hydrogen (secondary N) is 1. The van der Waals surface area contributed by atoms with E-state index in [0.29, 0.717) is 18.5 Å². The fraction of sp³-hybridized carbons (Fsp3) is 0.500. The fourth-order valence-corrected chi connectivity index (χ4v) is 2.08. The second-order valence-electron chi connectivity index (χ2n) is 4.75. The molecule has 1 saturated carbocycles. The third-order valence-electron chi connectivity index (χ3n) is 3.50. The van der Waals surface area contributed by atoms with E-state index < -0.39 is 5.41 Å². The van der Waals surface area contributed by atoms with Crippen LogP contribution >= 0.6 is 0 Å². The average molecular weight is 263 g/mol. The molecule has 1 aromatic rings. The van der Waals surface area contributed by atoms with Crippen molar-refractivity contribution in [2.24, 2.45) is 16.3 Å². The minimum Gasteiger partial charge on any atom is -0.409 e. The molecule has 1 aromatic heterocycles. The van der Waals surface area contributed by atoms with Crippen molar-refractivity contribution < 1.29 is 10.0 Å². The van der Waals surface area contributed by atoms with Gasteiger partial charge in [0.2, 0.25) is 5.91 Å². The number of aromatic nitrogens is 2. The summed E-state index contributed by atoms with van der Waals surface area (Å²) < 4.78 is 0. The molecule has 1 fully saturated rings. The van der Waals surface area contributed by atoms with Crippen LogP contribution in [0.15, 0.2) is 17.5 Å². The number of carbonyl (C=O) groups is 1. The Bertz CT molecular complexity index is 493. The van der Waals surface area contributed by atoms with E-state index in [2.05, 4.69) is 20.4 Å². The zero-order valence-electron chi connectivity index (χ0n) is 10.8. The summed E-state index contributed by atoms with van der Waals surface area (Å²) in [6.45, 7) is 2.13. The van der Waals surface area contributed by atoms with E-state index in [-0.39, 0.29) is 18.3 Å². The largest absolute Gasteiger partial charge is 0.409 e. The molecule has 1 aliphatic carbocycles. The summed E-state index contributed by atoms with van der Waals surface area (Å²) in [4.78, 5) is 20.4. The predicted molar refractivity (Wildman–Crippen MR) is 68.3 cm³/mol. The molecule has 1 heterocycles. The lowest BCUT2D eigenvalue weighted by Gasteiger charge is -2.38. The molecule has 4 N–H and O–H groups in total. The minimum atomic E-state index is -0.854. The van der Waals surface area contributed by atoms with E-state index in [0.717, 1.165) is 12.1 Å². The first-order valence-electron chi connectivity index (χ1n) is 6.12. The Kier molecular flexibility index (Phi) is 3.64. The van der Waals surface area contributed by atoms with Crippen LogP contribution in [0.5, 0.6) is 0 Å². The highest BCUT2D eigenvalue weighted by Crippen LogP contribution is 2.41. The first-order valence-corrected chi connectivity index (χ1v) is 6.12. The van der Waals surface area contributed by atoms with Crippen LogP contribution < -0.4 is 11.1 Å². The molecule has 0 bridgehead atoms. The molecule has 2 rings (SSSR count). The van der Waals surface area contributed by atoms with Gasteiger partial charge in [-0.2, -0.15) is 0 Å². The van der Waals surface area contributed by atoms with E-state index in [1.54, 1.807) is 12.4 Å². The smallest absolute Gasteiger partial charge is 0.234 e. The normalized spacial score (nSPS) is 17.6. The third kappa shape index (κ3) is 2.49. The summed E-state index contributed by atoms with van der Waals surface area (Å²) in [5.74, 6) is -0.248. The van der Waals surface area contributed by atoms with Crippen LogP contribution in [0.1, 0.15) is 30.7 Å². The van der Waals surface area contributed by atoms with Crippen LogP contribution in [0, 0.1) is 12.3 Å². The van der Waals surface area contributed by atoms with Crippen molar-refractivity contribution in [3.05, 3.63) is 23.8 Å². The lowest BCUT2D eigenvalue weighted by molar-refractivity contribution is -0.131. The Morgan fingerprint density at radius 3 is 2.74 bits per heavy atom. The van der Waals surface area contributed by atoms with Gasteiger partial charge in [-0.25, -0.2) is 0 Å². The lowest BCUT2D eigenvalue weighted by atomic mass is 9.67.